The summed E-state index contributed by atoms with van der Waals surface area (Å²) in [5.41, 5.74) is -4.23. The maximum absolute atomic E-state index is 13.9. The normalized spacial score (nSPS) is 20.1. The third-order valence-electron chi connectivity index (χ3n) is 4.41. The number of halogens is 3. The standard InChI is InChI=1S/C19H20F3NO5/c1-10-13(15(25)27-5)18(16(26)28-10,19(20,21)22)23-14(24)11-6-8-12(9-7-11)17(2,3)4/h6-9H,1-5H3,(H,23,24)/t18-/m1/s1. The Morgan fingerprint density at radius 3 is 2.07 bits per heavy atom. The van der Waals surface area contributed by atoms with Gasteiger partial charge in [-0.2, -0.15) is 13.2 Å². The quantitative estimate of drug-likeness (QED) is 0.791. The molecule has 1 aliphatic rings. The Hall–Kier alpha value is -2.84. The molecule has 0 fully saturated rings. The van der Waals surface area contributed by atoms with E-state index in [1.165, 1.54) is 12.1 Å². The van der Waals surface area contributed by atoms with Gasteiger partial charge in [0.25, 0.3) is 11.4 Å². The number of allylic oxidation sites excluding steroid dienone is 1. The number of alkyl halides is 3. The van der Waals surface area contributed by atoms with E-state index in [9.17, 15) is 27.6 Å². The first-order chi connectivity index (χ1) is 12.8. The van der Waals surface area contributed by atoms with Crippen LogP contribution in [0.3, 0.4) is 0 Å². The van der Waals surface area contributed by atoms with Crippen molar-refractivity contribution < 1.29 is 37.0 Å². The molecular formula is C19H20F3NO5. The number of carbonyl (C=O) groups is 3. The molecule has 1 aromatic rings. The van der Waals surface area contributed by atoms with Crippen LogP contribution in [0.25, 0.3) is 0 Å². The fraction of sp³-hybridized carbons (Fsp3) is 0.421. The van der Waals surface area contributed by atoms with Gasteiger partial charge in [-0.15, -0.1) is 0 Å². The van der Waals surface area contributed by atoms with Crippen molar-refractivity contribution in [2.75, 3.05) is 7.11 Å². The Bertz CT molecular complexity index is 850. The zero-order valence-corrected chi connectivity index (χ0v) is 16.0. The number of methoxy groups -OCH3 is 1. The maximum atomic E-state index is 13.9. The summed E-state index contributed by atoms with van der Waals surface area (Å²) in [6, 6.07) is 5.89. The van der Waals surface area contributed by atoms with Crippen molar-refractivity contribution in [3.63, 3.8) is 0 Å². The van der Waals surface area contributed by atoms with Crippen LogP contribution in [0.5, 0.6) is 0 Å². The first-order valence-corrected chi connectivity index (χ1v) is 8.27. The molecule has 1 amide bonds. The summed E-state index contributed by atoms with van der Waals surface area (Å²) in [5, 5.41) is 1.66. The highest BCUT2D eigenvalue weighted by molar-refractivity contribution is 6.09. The molecule has 9 heteroatoms. The van der Waals surface area contributed by atoms with Crippen molar-refractivity contribution in [1.82, 2.24) is 5.32 Å². The molecule has 1 atom stereocenters. The molecule has 1 aromatic carbocycles. The molecule has 28 heavy (non-hydrogen) atoms. The van der Waals surface area contributed by atoms with E-state index in [1.54, 1.807) is 17.4 Å². The lowest BCUT2D eigenvalue weighted by atomic mass is 9.86. The minimum atomic E-state index is -5.34. The van der Waals surface area contributed by atoms with Gasteiger partial charge in [0.1, 0.15) is 11.3 Å². The van der Waals surface area contributed by atoms with Crippen LogP contribution in [0.4, 0.5) is 13.2 Å². The number of hydrogen-bond donors (Lipinski definition) is 1. The summed E-state index contributed by atoms with van der Waals surface area (Å²) in [7, 11) is 0.861. The van der Waals surface area contributed by atoms with Crippen molar-refractivity contribution >= 4 is 17.8 Å². The SMILES string of the molecule is COC(=O)C1=C(C)OC(=O)[C@@]1(NC(=O)c1ccc(C(C)(C)C)cc1)C(F)(F)F. The van der Waals surface area contributed by atoms with Crippen LogP contribution < -0.4 is 5.32 Å². The molecule has 0 saturated heterocycles. The molecule has 0 bridgehead atoms. The molecule has 1 aliphatic heterocycles. The second-order valence-corrected chi connectivity index (χ2v) is 7.34. The molecule has 0 aromatic heterocycles. The molecular weight excluding hydrogens is 379 g/mol. The second kappa shape index (κ2) is 6.96. The number of amides is 1. The van der Waals surface area contributed by atoms with Gasteiger partial charge in [0.15, 0.2) is 0 Å². The van der Waals surface area contributed by atoms with Crippen molar-refractivity contribution in [2.24, 2.45) is 0 Å². The topological polar surface area (TPSA) is 81.7 Å². The lowest BCUT2D eigenvalue weighted by molar-refractivity contribution is -0.196. The van der Waals surface area contributed by atoms with Crippen LogP contribution in [0, 0.1) is 0 Å². The Kier molecular flexibility index (Phi) is 5.33. The number of benzene rings is 1. The molecule has 1 N–H and O–H groups in total. The smallest absolute Gasteiger partial charge is 0.427 e. The molecule has 1 heterocycles. The van der Waals surface area contributed by atoms with Crippen LogP contribution in [0.1, 0.15) is 43.6 Å². The van der Waals surface area contributed by atoms with Crippen molar-refractivity contribution in [3.8, 4) is 0 Å². The predicted molar refractivity (Wildman–Crippen MR) is 92.2 cm³/mol. The average molecular weight is 399 g/mol. The number of nitrogens with one attached hydrogen (secondary N) is 1. The predicted octanol–water partition coefficient (Wildman–Crippen LogP) is 3.02. The molecule has 0 spiro atoms. The summed E-state index contributed by atoms with van der Waals surface area (Å²) in [5.74, 6) is -5.02. The zero-order valence-electron chi connectivity index (χ0n) is 16.0. The summed E-state index contributed by atoms with van der Waals surface area (Å²) < 4.78 is 50.7. The van der Waals surface area contributed by atoms with Gasteiger partial charge in [0, 0.05) is 5.56 Å². The molecule has 6 nitrogen and oxygen atoms in total. The van der Waals surface area contributed by atoms with E-state index >= 15 is 0 Å². The summed E-state index contributed by atoms with van der Waals surface area (Å²) in [6.07, 6.45) is -5.34. The van der Waals surface area contributed by atoms with E-state index in [4.69, 9.17) is 0 Å². The number of rotatable bonds is 3. The van der Waals surface area contributed by atoms with E-state index in [0.717, 1.165) is 19.6 Å². The van der Waals surface area contributed by atoms with Gasteiger partial charge in [-0.05, 0) is 30.0 Å². The number of hydrogen-bond acceptors (Lipinski definition) is 5. The number of esters is 2. The molecule has 0 saturated carbocycles. The Morgan fingerprint density at radius 2 is 1.64 bits per heavy atom. The van der Waals surface area contributed by atoms with E-state index in [-0.39, 0.29) is 11.0 Å². The highest BCUT2D eigenvalue weighted by Gasteiger charge is 2.71. The highest BCUT2D eigenvalue weighted by Crippen LogP contribution is 2.44. The van der Waals surface area contributed by atoms with Gasteiger partial charge in [0.2, 0.25) is 0 Å². The van der Waals surface area contributed by atoms with E-state index in [0.29, 0.717) is 0 Å². The van der Waals surface area contributed by atoms with Crippen molar-refractivity contribution in [1.29, 1.82) is 0 Å². The van der Waals surface area contributed by atoms with Gasteiger partial charge in [-0.25, -0.2) is 9.59 Å². The Morgan fingerprint density at radius 1 is 1.11 bits per heavy atom. The van der Waals surface area contributed by atoms with Gasteiger partial charge in [-0.1, -0.05) is 32.9 Å². The summed E-state index contributed by atoms with van der Waals surface area (Å²) in [6.45, 7) is 6.82. The van der Waals surface area contributed by atoms with Crippen LogP contribution in [-0.4, -0.2) is 36.7 Å². The lowest BCUT2D eigenvalue weighted by Gasteiger charge is -2.30. The Balaban J connectivity index is 2.50. The second-order valence-electron chi connectivity index (χ2n) is 7.34. The fourth-order valence-corrected chi connectivity index (χ4v) is 2.84. The molecule has 0 aliphatic carbocycles. The van der Waals surface area contributed by atoms with Gasteiger partial charge in [0.05, 0.1) is 7.11 Å². The summed E-state index contributed by atoms with van der Waals surface area (Å²) >= 11 is 0. The fourth-order valence-electron chi connectivity index (χ4n) is 2.84. The number of ether oxygens (including phenoxy) is 2. The van der Waals surface area contributed by atoms with Crippen LogP contribution in [0.15, 0.2) is 35.6 Å². The van der Waals surface area contributed by atoms with E-state index in [1.807, 2.05) is 20.8 Å². The maximum Gasteiger partial charge on any atom is 0.427 e. The number of carbonyl (C=O) groups excluding carboxylic acids is 3. The largest absolute Gasteiger partial charge is 0.465 e. The van der Waals surface area contributed by atoms with Crippen LogP contribution >= 0.6 is 0 Å². The summed E-state index contributed by atoms with van der Waals surface area (Å²) in [4.78, 5) is 36.6. The van der Waals surface area contributed by atoms with Gasteiger partial charge >= 0.3 is 18.1 Å². The molecule has 2 rings (SSSR count). The minimum Gasteiger partial charge on any atom is -0.465 e. The van der Waals surface area contributed by atoms with Crippen molar-refractivity contribution in [2.45, 2.75) is 44.8 Å². The minimum absolute atomic E-state index is 0.113. The third kappa shape index (κ3) is 3.48. The van der Waals surface area contributed by atoms with Gasteiger partial charge in [-0.3, -0.25) is 4.79 Å². The van der Waals surface area contributed by atoms with E-state index < -0.39 is 40.9 Å². The lowest BCUT2D eigenvalue weighted by Crippen LogP contribution is -2.64. The monoisotopic (exact) mass is 399 g/mol. The molecule has 0 radical (unpaired) electrons. The van der Waals surface area contributed by atoms with E-state index in [2.05, 4.69) is 9.47 Å². The number of cyclic esters (lactones) is 1. The van der Waals surface area contributed by atoms with Crippen LogP contribution in [-0.2, 0) is 24.5 Å². The zero-order chi connectivity index (χ0) is 21.5. The average Bonchev–Trinajstić information content (AvgIpc) is 2.84. The molecule has 0 unspecified atom stereocenters. The first kappa shape index (κ1) is 21.5. The highest BCUT2D eigenvalue weighted by atomic mass is 19.4. The Labute approximate surface area is 159 Å². The molecule has 152 valence electrons. The van der Waals surface area contributed by atoms with Crippen molar-refractivity contribution in [3.05, 3.63) is 46.7 Å². The first-order valence-electron chi connectivity index (χ1n) is 8.27. The van der Waals surface area contributed by atoms with Crippen LogP contribution in [0.2, 0.25) is 0 Å². The van der Waals surface area contributed by atoms with Gasteiger partial charge < -0.3 is 14.8 Å². The third-order valence-corrected chi connectivity index (χ3v) is 4.41.